The molecule has 6 nitrogen and oxygen atoms in total. The predicted molar refractivity (Wildman–Crippen MR) is 94.5 cm³/mol. The van der Waals surface area contributed by atoms with E-state index in [4.69, 9.17) is 0 Å². The lowest BCUT2D eigenvalue weighted by molar-refractivity contribution is -0.671. The summed E-state index contributed by atoms with van der Waals surface area (Å²) in [4.78, 5) is 0. The third kappa shape index (κ3) is 3.14. The molecule has 0 fully saturated rings. The second-order valence-corrected chi connectivity index (χ2v) is 6.11. The van der Waals surface area contributed by atoms with Gasteiger partial charge in [-0.2, -0.15) is 27.5 Å². The number of aliphatic hydroxyl groups excluding tert-OH is 1. The van der Waals surface area contributed by atoms with Crippen molar-refractivity contribution in [2.75, 3.05) is 6.61 Å². The number of aromatic hydroxyl groups is 1. The van der Waals surface area contributed by atoms with Crippen molar-refractivity contribution in [1.29, 1.82) is 0 Å². The van der Waals surface area contributed by atoms with Gasteiger partial charge in [0.1, 0.15) is 6.61 Å². The Balaban J connectivity index is 0.00000225. The minimum absolute atomic E-state index is 0. The highest BCUT2D eigenvalue weighted by Gasteiger charge is 2.30. The largest absolute Gasteiger partial charge is 0.870 e. The Labute approximate surface area is 157 Å². The number of hydrogen-bond acceptors (Lipinski definition) is 4. The Morgan fingerprint density at radius 1 is 1.04 bits per heavy atom. The van der Waals surface area contributed by atoms with E-state index in [-0.39, 0.29) is 24.5 Å². The summed E-state index contributed by atoms with van der Waals surface area (Å²) >= 11 is 0. The van der Waals surface area contributed by atoms with Crippen LogP contribution in [0.3, 0.4) is 0 Å². The first-order valence-electron chi connectivity index (χ1n) is 8.21. The van der Waals surface area contributed by atoms with Crippen LogP contribution in [0.25, 0.3) is 27.5 Å². The summed E-state index contributed by atoms with van der Waals surface area (Å²) in [6, 6.07) is 11.8. The smallest absolute Gasteiger partial charge is 0.416 e. The van der Waals surface area contributed by atoms with Crippen LogP contribution in [0, 0.1) is 0 Å². The minimum Gasteiger partial charge on any atom is -0.870 e. The van der Waals surface area contributed by atoms with Crippen LogP contribution in [-0.4, -0.2) is 32.1 Å². The fraction of sp³-hybridized carbons (Fsp3) is 0.158. The van der Waals surface area contributed by atoms with Crippen molar-refractivity contribution in [3.63, 3.8) is 0 Å². The minimum atomic E-state index is -4.43. The summed E-state index contributed by atoms with van der Waals surface area (Å²) in [6.45, 7) is 0.108. The summed E-state index contributed by atoms with van der Waals surface area (Å²) in [5.74, 6) is -0.205. The molecule has 0 atom stereocenters. The molecule has 28 heavy (non-hydrogen) atoms. The molecule has 2 heterocycles. The third-order valence-corrected chi connectivity index (χ3v) is 4.41. The van der Waals surface area contributed by atoms with Gasteiger partial charge in [0.25, 0.3) is 11.4 Å². The summed E-state index contributed by atoms with van der Waals surface area (Å²) < 4.78 is 41.2. The van der Waals surface area contributed by atoms with Gasteiger partial charge in [-0.1, -0.05) is 18.2 Å². The van der Waals surface area contributed by atoms with E-state index in [9.17, 15) is 23.4 Å². The zero-order chi connectivity index (χ0) is 19.2. The fourth-order valence-electron chi connectivity index (χ4n) is 3.16. The lowest BCUT2D eigenvalue weighted by Crippen LogP contribution is -2.35. The Hall–Kier alpha value is -3.17. The lowest BCUT2D eigenvalue weighted by atomic mass is 10.1. The number of aliphatic hydroxyl groups is 1. The van der Waals surface area contributed by atoms with E-state index in [1.54, 1.807) is 10.8 Å². The van der Waals surface area contributed by atoms with E-state index in [0.717, 1.165) is 22.9 Å². The van der Waals surface area contributed by atoms with Gasteiger partial charge >= 0.3 is 6.18 Å². The molecule has 2 aromatic carbocycles. The van der Waals surface area contributed by atoms with Gasteiger partial charge in [0.15, 0.2) is 18.3 Å². The van der Waals surface area contributed by atoms with Crippen molar-refractivity contribution in [2.45, 2.75) is 12.7 Å². The van der Waals surface area contributed by atoms with Crippen molar-refractivity contribution in [1.82, 2.24) is 9.78 Å². The Bertz CT molecular complexity index is 1140. The second-order valence-electron chi connectivity index (χ2n) is 6.11. The van der Waals surface area contributed by atoms with Gasteiger partial charge in [-0.15, -0.1) is 0 Å². The topological polar surface area (TPSA) is 92.2 Å². The van der Waals surface area contributed by atoms with Crippen LogP contribution >= 0.6 is 0 Å². The first-order chi connectivity index (χ1) is 12.9. The van der Waals surface area contributed by atoms with Crippen LogP contribution < -0.4 is 4.57 Å². The highest BCUT2D eigenvalue weighted by atomic mass is 19.4. The molecule has 0 spiro atoms. The molecule has 9 heteroatoms. The average molecular weight is 391 g/mol. The van der Waals surface area contributed by atoms with Gasteiger partial charge in [0, 0.05) is 10.8 Å². The summed E-state index contributed by atoms with van der Waals surface area (Å²) in [5.41, 5.74) is 0.432. The van der Waals surface area contributed by atoms with Gasteiger partial charge in [-0.25, -0.2) is 0 Å². The third-order valence-electron chi connectivity index (χ3n) is 4.41. The van der Waals surface area contributed by atoms with Crippen LogP contribution in [0.4, 0.5) is 13.2 Å². The van der Waals surface area contributed by atoms with Crippen molar-refractivity contribution in [2.24, 2.45) is 0 Å². The van der Waals surface area contributed by atoms with Crippen LogP contribution in [0.5, 0.6) is 5.88 Å². The number of aromatic nitrogens is 3. The monoisotopic (exact) mass is 391 g/mol. The molecule has 0 aliphatic carbocycles. The van der Waals surface area contributed by atoms with E-state index in [1.807, 2.05) is 24.3 Å². The van der Waals surface area contributed by atoms with Gasteiger partial charge < -0.3 is 15.7 Å². The van der Waals surface area contributed by atoms with Crippen molar-refractivity contribution < 1.29 is 33.4 Å². The molecule has 0 radical (unpaired) electrons. The van der Waals surface area contributed by atoms with Crippen molar-refractivity contribution in [3.8, 4) is 11.6 Å². The quantitative estimate of drug-likeness (QED) is 0.525. The molecule has 0 unspecified atom stereocenters. The molecule has 4 rings (SSSR count). The summed E-state index contributed by atoms with van der Waals surface area (Å²) in [5, 5.41) is 26.1. The first kappa shape index (κ1) is 19.6. The number of hydrogen-bond donors (Lipinski definition) is 2. The zero-order valence-corrected chi connectivity index (χ0v) is 14.4. The van der Waals surface area contributed by atoms with E-state index in [2.05, 4.69) is 5.10 Å². The molecule has 0 amide bonds. The first-order valence-corrected chi connectivity index (χ1v) is 8.21. The fourth-order valence-corrected chi connectivity index (χ4v) is 3.16. The van der Waals surface area contributed by atoms with Gasteiger partial charge in [0.05, 0.1) is 11.3 Å². The number of alkyl halides is 3. The number of benzene rings is 2. The Morgan fingerprint density at radius 2 is 1.71 bits per heavy atom. The average Bonchev–Trinajstić information content (AvgIpc) is 2.99. The molecule has 4 aromatic rings. The van der Waals surface area contributed by atoms with Crippen molar-refractivity contribution >= 4 is 21.8 Å². The second kappa shape index (κ2) is 7.10. The van der Waals surface area contributed by atoms with Crippen LogP contribution in [0.15, 0.2) is 54.7 Å². The van der Waals surface area contributed by atoms with Gasteiger partial charge in [-0.05, 0) is 30.3 Å². The molecule has 146 valence electrons. The molecule has 0 saturated heterocycles. The maximum atomic E-state index is 12.8. The van der Waals surface area contributed by atoms with E-state index < -0.39 is 11.7 Å². The van der Waals surface area contributed by atoms with Crippen LogP contribution in [0.1, 0.15) is 5.56 Å². The summed E-state index contributed by atoms with van der Waals surface area (Å²) in [6.07, 6.45) is -2.64. The van der Waals surface area contributed by atoms with Crippen LogP contribution in [0.2, 0.25) is 0 Å². The van der Waals surface area contributed by atoms with E-state index in [0.29, 0.717) is 16.7 Å². The summed E-state index contributed by atoms with van der Waals surface area (Å²) in [7, 11) is 0. The number of pyridine rings is 1. The standard InChI is InChI=1S/C19H14F3N3O2.H2O/c20-19(21,22)13-5-7-14(8-6-13)25-18(27)17-16(23-25)15-4-2-1-3-12(15)11-24(17)9-10-26;/h1-8,11,26H,9-10H2;1H2. The molecule has 2 aromatic heterocycles. The zero-order valence-electron chi connectivity index (χ0n) is 14.4. The van der Waals surface area contributed by atoms with Gasteiger partial charge in [0.2, 0.25) is 0 Å². The van der Waals surface area contributed by atoms with Crippen molar-refractivity contribution in [3.05, 3.63) is 60.3 Å². The number of halogens is 3. The van der Waals surface area contributed by atoms with E-state index in [1.165, 1.54) is 16.8 Å². The van der Waals surface area contributed by atoms with E-state index >= 15 is 0 Å². The highest BCUT2D eigenvalue weighted by Crippen LogP contribution is 2.32. The Kier molecular flexibility index (Phi) is 4.97. The predicted octanol–water partition coefficient (Wildman–Crippen LogP) is 3.01. The molecular formula is C19H16F3N3O3. The molecule has 0 bridgehead atoms. The maximum Gasteiger partial charge on any atom is 0.416 e. The number of fused-ring (bicyclic) bond motifs is 3. The molecule has 0 aliphatic rings. The maximum absolute atomic E-state index is 12.8. The van der Waals surface area contributed by atoms with Crippen LogP contribution in [-0.2, 0) is 12.7 Å². The Morgan fingerprint density at radius 3 is 2.36 bits per heavy atom. The van der Waals surface area contributed by atoms with Gasteiger partial charge in [-0.3, -0.25) is 0 Å². The number of nitrogens with zero attached hydrogens (tertiary/aromatic N) is 3. The molecule has 3 N–H and O–H groups in total. The molecule has 0 aliphatic heterocycles. The normalized spacial score (nSPS) is 11.7. The lowest BCUT2D eigenvalue weighted by Gasteiger charge is -2.07. The SMILES string of the molecule is OCC[n+]1cc2ccccc2c2nn(-c3ccc(C(F)(F)F)cc3)c(O)c21.[OH-]. The molecule has 0 saturated carbocycles. The highest BCUT2D eigenvalue weighted by molar-refractivity contribution is 6.03. The molecular weight excluding hydrogens is 375 g/mol. The number of rotatable bonds is 3.